The maximum absolute atomic E-state index is 9.35. The van der Waals surface area contributed by atoms with Crippen molar-refractivity contribution in [3.05, 3.63) is 71.8 Å². The van der Waals surface area contributed by atoms with E-state index in [1.54, 1.807) is 0 Å². The van der Waals surface area contributed by atoms with Gasteiger partial charge >= 0.3 is 0 Å². The first kappa shape index (κ1) is 11.9. The Morgan fingerprint density at radius 3 is 2.53 bits per heavy atom. The van der Waals surface area contributed by atoms with Gasteiger partial charge in [-0.15, -0.1) is 0 Å². The zero-order valence-electron chi connectivity index (χ0n) is 10.9. The van der Waals surface area contributed by atoms with Crippen LogP contribution in [0.15, 0.2) is 60.7 Å². The fourth-order valence-corrected chi connectivity index (χ4v) is 2.59. The predicted octanol–water partition coefficient (Wildman–Crippen LogP) is 4.31. The molecule has 1 N–H and O–H groups in total. The Hall–Kier alpha value is -2.12. The molecule has 94 valence electrons. The Bertz CT molecular complexity index is 723. The minimum absolute atomic E-state index is 0.0828. The first-order chi connectivity index (χ1) is 9.28. The molecule has 0 aliphatic rings. The lowest BCUT2D eigenvalue weighted by Gasteiger charge is -2.09. The summed E-state index contributed by atoms with van der Waals surface area (Å²) in [5.74, 6) is 0. The van der Waals surface area contributed by atoms with Crippen LogP contribution >= 0.6 is 0 Å². The van der Waals surface area contributed by atoms with Gasteiger partial charge in [0, 0.05) is 0 Å². The highest BCUT2D eigenvalue weighted by Gasteiger charge is 2.05. The highest BCUT2D eigenvalue weighted by molar-refractivity contribution is 5.96. The van der Waals surface area contributed by atoms with Crippen molar-refractivity contribution in [2.24, 2.45) is 0 Å². The first-order valence-corrected chi connectivity index (χ1v) is 6.47. The number of benzene rings is 3. The van der Waals surface area contributed by atoms with E-state index in [2.05, 4.69) is 61.5 Å². The second-order valence-corrected chi connectivity index (χ2v) is 4.89. The van der Waals surface area contributed by atoms with E-state index in [4.69, 9.17) is 0 Å². The van der Waals surface area contributed by atoms with E-state index in [0.717, 1.165) is 5.56 Å². The molecule has 0 unspecified atom stereocenters. The van der Waals surface area contributed by atoms with E-state index in [1.807, 2.05) is 6.07 Å². The van der Waals surface area contributed by atoms with Crippen LogP contribution in [-0.2, 0) is 6.61 Å². The van der Waals surface area contributed by atoms with Crippen molar-refractivity contribution in [2.45, 2.75) is 13.5 Å². The molecule has 0 saturated heterocycles. The molecular weight excluding hydrogens is 232 g/mol. The second-order valence-electron chi connectivity index (χ2n) is 4.89. The molecule has 0 heterocycles. The number of hydrogen-bond donors (Lipinski definition) is 1. The third kappa shape index (κ3) is 2.25. The molecule has 1 nitrogen and oxygen atoms in total. The van der Waals surface area contributed by atoms with Gasteiger partial charge in [-0.25, -0.2) is 0 Å². The fraction of sp³-hybridized carbons (Fsp3) is 0.111. The maximum Gasteiger partial charge on any atom is 0.0682 e. The highest BCUT2D eigenvalue weighted by atomic mass is 16.3. The summed E-state index contributed by atoms with van der Waals surface area (Å²) >= 11 is 0. The Kier molecular flexibility index (Phi) is 3.06. The smallest absolute Gasteiger partial charge is 0.0682 e. The van der Waals surface area contributed by atoms with Gasteiger partial charge in [-0.3, -0.25) is 0 Å². The summed E-state index contributed by atoms with van der Waals surface area (Å²) in [6.45, 7) is 2.15. The lowest BCUT2D eigenvalue weighted by Crippen LogP contribution is -1.88. The molecule has 19 heavy (non-hydrogen) atoms. The SMILES string of the molecule is Cc1cc(CO)cc(-c2cccc3ccccc23)c1. The summed E-state index contributed by atoms with van der Waals surface area (Å²) in [4.78, 5) is 0. The Morgan fingerprint density at radius 1 is 0.895 bits per heavy atom. The van der Waals surface area contributed by atoms with Gasteiger partial charge in [-0.05, 0) is 40.5 Å². The van der Waals surface area contributed by atoms with Crippen molar-refractivity contribution >= 4 is 10.8 Å². The molecule has 0 aliphatic heterocycles. The molecule has 0 aliphatic carbocycles. The molecule has 0 atom stereocenters. The molecule has 0 amide bonds. The average Bonchev–Trinajstić information content (AvgIpc) is 2.46. The summed E-state index contributed by atoms with van der Waals surface area (Å²) in [5.41, 5.74) is 4.52. The molecule has 0 fully saturated rings. The Balaban J connectivity index is 2.27. The van der Waals surface area contributed by atoms with Gasteiger partial charge in [0.25, 0.3) is 0 Å². The van der Waals surface area contributed by atoms with Gasteiger partial charge < -0.3 is 5.11 Å². The van der Waals surface area contributed by atoms with E-state index >= 15 is 0 Å². The zero-order chi connectivity index (χ0) is 13.2. The van der Waals surface area contributed by atoms with Crippen LogP contribution in [0, 0.1) is 6.92 Å². The van der Waals surface area contributed by atoms with Crippen molar-refractivity contribution in [3.8, 4) is 11.1 Å². The molecule has 3 aromatic carbocycles. The minimum Gasteiger partial charge on any atom is -0.392 e. The summed E-state index contributed by atoms with van der Waals surface area (Å²) in [6, 6.07) is 21.0. The third-order valence-corrected chi connectivity index (χ3v) is 3.42. The molecule has 0 radical (unpaired) electrons. The quantitative estimate of drug-likeness (QED) is 0.716. The monoisotopic (exact) mass is 248 g/mol. The molecule has 3 rings (SSSR count). The van der Waals surface area contributed by atoms with Crippen LogP contribution in [0.25, 0.3) is 21.9 Å². The summed E-state index contributed by atoms with van der Waals surface area (Å²) in [6.07, 6.45) is 0. The number of aliphatic hydroxyl groups excluding tert-OH is 1. The molecule has 3 aromatic rings. The van der Waals surface area contributed by atoms with Crippen LogP contribution in [0.3, 0.4) is 0 Å². The van der Waals surface area contributed by atoms with Crippen LogP contribution in [-0.4, -0.2) is 5.11 Å². The van der Waals surface area contributed by atoms with E-state index in [1.165, 1.54) is 27.5 Å². The average molecular weight is 248 g/mol. The van der Waals surface area contributed by atoms with Crippen molar-refractivity contribution < 1.29 is 5.11 Å². The largest absolute Gasteiger partial charge is 0.392 e. The van der Waals surface area contributed by atoms with Gasteiger partial charge in [0.1, 0.15) is 0 Å². The number of fused-ring (bicyclic) bond motifs is 1. The van der Waals surface area contributed by atoms with E-state index < -0.39 is 0 Å². The Labute approximate surface area is 113 Å². The number of rotatable bonds is 2. The number of hydrogen-bond acceptors (Lipinski definition) is 1. The van der Waals surface area contributed by atoms with Crippen molar-refractivity contribution in [3.63, 3.8) is 0 Å². The highest BCUT2D eigenvalue weighted by Crippen LogP contribution is 2.29. The van der Waals surface area contributed by atoms with E-state index in [-0.39, 0.29) is 6.61 Å². The molecule has 0 bridgehead atoms. The molecule has 0 spiro atoms. The van der Waals surface area contributed by atoms with Crippen LogP contribution in [0.5, 0.6) is 0 Å². The third-order valence-electron chi connectivity index (χ3n) is 3.42. The number of aryl methyl sites for hydroxylation is 1. The normalized spacial score (nSPS) is 10.8. The van der Waals surface area contributed by atoms with E-state index in [0.29, 0.717) is 0 Å². The fourth-order valence-electron chi connectivity index (χ4n) is 2.59. The Morgan fingerprint density at radius 2 is 1.68 bits per heavy atom. The van der Waals surface area contributed by atoms with Crippen molar-refractivity contribution in [1.29, 1.82) is 0 Å². The topological polar surface area (TPSA) is 20.2 Å². The van der Waals surface area contributed by atoms with Crippen LogP contribution in [0.1, 0.15) is 11.1 Å². The summed E-state index contributed by atoms with van der Waals surface area (Å²) < 4.78 is 0. The molecule has 0 aromatic heterocycles. The van der Waals surface area contributed by atoms with Gasteiger partial charge in [-0.2, -0.15) is 0 Å². The lowest BCUT2D eigenvalue weighted by molar-refractivity contribution is 0.282. The second kappa shape index (κ2) is 4.87. The van der Waals surface area contributed by atoms with Crippen LogP contribution < -0.4 is 0 Å². The standard InChI is InChI=1S/C18H16O/c1-13-9-14(12-19)11-16(10-13)18-8-4-6-15-5-2-3-7-17(15)18/h2-11,19H,12H2,1H3. The van der Waals surface area contributed by atoms with Gasteiger partial charge in [0.15, 0.2) is 0 Å². The minimum atomic E-state index is 0.0828. The van der Waals surface area contributed by atoms with Crippen LogP contribution in [0.2, 0.25) is 0 Å². The lowest BCUT2D eigenvalue weighted by atomic mass is 9.96. The van der Waals surface area contributed by atoms with Gasteiger partial charge in [-0.1, -0.05) is 60.2 Å². The maximum atomic E-state index is 9.35. The summed E-state index contributed by atoms with van der Waals surface area (Å²) in [7, 11) is 0. The summed E-state index contributed by atoms with van der Waals surface area (Å²) in [5, 5.41) is 11.8. The zero-order valence-corrected chi connectivity index (χ0v) is 10.9. The van der Waals surface area contributed by atoms with Gasteiger partial charge in [0.2, 0.25) is 0 Å². The molecule has 0 saturated carbocycles. The molecule has 1 heteroatoms. The molecular formula is C18H16O. The van der Waals surface area contributed by atoms with Crippen molar-refractivity contribution in [1.82, 2.24) is 0 Å². The first-order valence-electron chi connectivity index (χ1n) is 6.47. The van der Waals surface area contributed by atoms with Crippen molar-refractivity contribution in [2.75, 3.05) is 0 Å². The predicted molar refractivity (Wildman–Crippen MR) is 80.0 cm³/mol. The van der Waals surface area contributed by atoms with Crippen LogP contribution in [0.4, 0.5) is 0 Å². The number of aliphatic hydroxyl groups is 1. The van der Waals surface area contributed by atoms with Gasteiger partial charge in [0.05, 0.1) is 6.61 Å². The van der Waals surface area contributed by atoms with E-state index in [9.17, 15) is 5.11 Å².